The fraction of sp³-hybridized carbons (Fsp3) is 0.462. The molecule has 2 aliphatic rings. The SMILES string of the molecule is CCNC(=NCCc1cccc(C(=O)NC)c1)N1CC2OCCN(Cc3ccccc3)C2C1.I. The number of benzene rings is 2. The standard InChI is InChI=1S/C26H35N5O2.HI/c1-3-28-26(29-13-12-20-10-7-11-22(16-20)25(32)27-2)31-18-23-24(19-31)33-15-14-30(23)17-21-8-5-4-6-9-21;/h4-11,16,23-24H,3,12-15,17-19H2,1-2H3,(H,27,32)(H,28,29);1H. The number of morpholine rings is 1. The zero-order chi connectivity index (χ0) is 23.0. The maximum absolute atomic E-state index is 11.9. The van der Waals surface area contributed by atoms with Crippen LogP contribution in [-0.2, 0) is 17.7 Å². The molecule has 0 spiro atoms. The Morgan fingerprint density at radius 2 is 1.91 bits per heavy atom. The lowest BCUT2D eigenvalue weighted by atomic mass is 10.1. The summed E-state index contributed by atoms with van der Waals surface area (Å²) in [5.74, 6) is 0.881. The normalized spacial score (nSPS) is 20.4. The highest BCUT2D eigenvalue weighted by Gasteiger charge is 2.41. The van der Waals surface area contributed by atoms with Crippen LogP contribution in [0.4, 0.5) is 0 Å². The first-order valence-electron chi connectivity index (χ1n) is 11.9. The first-order chi connectivity index (χ1) is 16.2. The molecule has 0 radical (unpaired) electrons. The van der Waals surface area contributed by atoms with Gasteiger partial charge in [0.2, 0.25) is 0 Å². The van der Waals surface area contributed by atoms with Crippen LogP contribution in [0, 0.1) is 0 Å². The first kappa shape index (κ1) is 26.4. The highest BCUT2D eigenvalue weighted by molar-refractivity contribution is 14.0. The highest BCUT2D eigenvalue weighted by Crippen LogP contribution is 2.24. The van der Waals surface area contributed by atoms with Gasteiger partial charge in [-0.05, 0) is 36.6 Å². The van der Waals surface area contributed by atoms with E-state index in [0.29, 0.717) is 18.2 Å². The quantitative estimate of drug-likeness (QED) is 0.301. The monoisotopic (exact) mass is 577 g/mol. The molecule has 2 atom stereocenters. The molecule has 1 amide bonds. The van der Waals surface area contributed by atoms with Crippen LogP contribution >= 0.6 is 24.0 Å². The Morgan fingerprint density at radius 1 is 1.12 bits per heavy atom. The van der Waals surface area contributed by atoms with Gasteiger partial charge >= 0.3 is 0 Å². The third kappa shape index (κ3) is 6.70. The summed E-state index contributed by atoms with van der Waals surface area (Å²) >= 11 is 0. The van der Waals surface area contributed by atoms with Crippen LogP contribution in [0.15, 0.2) is 59.6 Å². The van der Waals surface area contributed by atoms with Crippen LogP contribution in [0.1, 0.15) is 28.4 Å². The van der Waals surface area contributed by atoms with Gasteiger partial charge in [-0.15, -0.1) is 24.0 Å². The molecule has 8 heteroatoms. The molecule has 2 heterocycles. The Labute approximate surface area is 220 Å². The Hall–Kier alpha value is -2.17. The van der Waals surface area contributed by atoms with E-state index in [9.17, 15) is 4.79 Å². The largest absolute Gasteiger partial charge is 0.373 e. The second-order valence-corrected chi connectivity index (χ2v) is 8.60. The number of ether oxygens (including phenoxy) is 1. The fourth-order valence-corrected chi connectivity index (χ4v) is 4.67. The molecule has 184 valence electrons. The van der Waals surface area contributed by atoms with Crippen LogP contribution in [0.2, 0.25) is 0 Å². The number of rotatable bonds is 7. The molecule has 0 aromatic heterocycles. The average molecular weight is 578 g/mol. The van der Waals surface area contributed by atoms with Gasteiger partial charge < -0.3 is 20.3 Å². The molecule has 34 heavy (non-hydrogen) atoms. The van der Waals surface area contributed by atoms with Gasteiger partial charge in [0, 0.05) is 51.9 Å². The van der Waals surface area contributed by atoms with Crippen molar-refractivity contribution in [1.29, 1.82) is 0 Å². The third-order valence-electron chi connectivity index (χ3n) is 6.36. The number of nitrogens with zero attached hydrogens (tertiary/aromatic N) is 3. The third-order valence-corrected chi connectivity index (χ3v) is 6.36. The number of amides is 1. The number of carbonyl (C=O) groups excluding carboxylic acids is 1. The highest BCUT2D eigenvalue weighted by atomic mass is 127. The summed E-state index contributed by atoms with van der Waals surface area (Å²) in [5, 5.41) is 6.14. The second-order valence-electron chi connectivity index (χ2n) is 8.60. The molecule has 2 aliphatic heterocycles. The molecule has 0 bridgehead atoms. The lowest BCUT2D eigenvalue weighted by Crippen LogP contribution is -2.50. The number of halogens is 1. The summed E-state index contributed by atoms with van der Waals surface area (Å²) in [6, 6.07) is 18.8. The minimum atomic E-state index is -0.0616. The first-order valence-corrected chi connectivity index (χ1v) is 11.9. The van der Waals surface area contributed by atoms with Crippen molar-refractivity contribution in [2.45, 2.75) is 32.0 Å². The van der Waals surface area contributed by atoms with E-state index >= 15 is 0 Å². The van der Waals surface area contributed by atoms with Gasteiger partial charge in [0.05, 0.1) is 18.8 Å². The molecule has 0 saturated carbocycles. The molecule has 2 unspecified atom stereocenters. The van der Waals surface area contributed by atoms with E-state index in [-0.39, 0.29) is 36.0 Å². The van der Waals surface area contributed by atoms with E-state index in [1.165, 1.54) is 5.56 Å². The van der Waals surface area contributed by atoms with Gasteiger partial charge in [0.15, 0.2) is 5.96 Å². The molecule has 0 aliphatic carbocycles. The van der Waals surface area contributed by atoms with Crippen LogP contribution < -0.4 is 10.6 Å². The Morgan fingerprint density at radius 3 is 2.68 bits per heavy atom. The molecule has 2 fully saturated rings. The van der Waals surface area contributed by atoms with Gasteiger partial charge in [0.25, 0.3) is 5.91 Å². The van der Waals surface area contributed by atoms with Crippen molar-refractivity contribution >= 4 is 35.8 Å². The van der Waals surface area contributed by atoms with Crippen molar-refractivity contribution in [3.05, 3.63) is 71.3 Å². The fourth-order valence-electron chi connectivity index (χ4n) is 4.67. The molecule has 2 aromatic rings. The Balaban J connectivity index is 0.00000324. The van der Waals surface area contributed by atoms with Crippen molar-refractivity contribution in [1.82, 2.24) is 20.4 Å². The number of hydrogen-bond acceptors (Lipinski definition) is 4. The number of carbonyl (C=O) groups is 1. The van der Waals surface area contributed by atoms with Crippen LogP contribution in [0.3, 0.4) is 0 Å². The van der Waals surface area contributed by atoms with Gasteiger partial charge in [-0.1, -0.05) is 42.5 Å². The number of likely N-dealkylation sites (tertiary alicyclic amines) is 1. The molecule has 2 saturated heterocycles. The van der Waals surface area contributed by atoms with Crippen LogP contribution in [0.25, 0.3) is 0 Å². The maximum Gasteiger partial charge on any atom is 0.251 e. The Kier molecular flexibility index (Phi) is 10.2. The van der Waals surface area contributed by atoms with Gasteiger partial charge in [0.1, 0.15) is 0 Å². The minimum absolute atomic E-state index is 0. The number of fused-ring (bicyclic) bond motifs is 1. The smallest absolute Gasteiger partial charge is 0.251 e. The number of guanidine groups is 1. The number of hydrogen-bond donors (Lipinski definition) is 2. The predicted octanol–water partition coefficient (Wildman–Crippen LogP) is 2.76. The van der Waals surface area contributed by atoms with Gasteiger partial charge in [-0.25, -0.2) is 0 Å². The van der Waals surface area contributed by atoms with E-state index in [1.807, 2.05) is 18.2 Å². The zero-order valence-corrected chi connectivity index (χ0v) is 22.4. The summed E-state index contributed by atoms with van der Waals surface area (Å²) in [4.78, 5) is 21.7. The van der Waals surface area contributed by atoms with Crippen molar-refractivity contribution in [2.75, 3.05) is 46.4 Å². The average Bonchev–Trinajstić information content (AvgIpc) is 3.29. The van der Waals surface area contributed by atoms with E-state index in [1.54, 1.807) is 7.05 Å². The summed E-state index contributed by atoms with van der Waals surface area (Å²) in [5.41, 5.74) is 3.14. The minimum Gasteiger partial charge on any atom is -0.373 e. The second kappa shape index (κ2) is 13.1. The predicted molar refractivity (Wildman–Crippen MR) is 147 cm³/mol. The van der Waals surface area contributed by atoms with Gasteiger partial charge in [-0.2, -0.15) is 0 Å². The van der Waals surface area contributed by atoms with E-state index < -0.39 is 0 Å². The Bertz CT molecular complexity index is 955. The maximum atomic E-state index is 11.9. The molecular formula is C26H36IN5O2. The summed E-state index contributed by atoms with van der Waals surface area (Å²) in [6.07, 6.45) is 0.993. The number of aliphatic imine (C=N–C) groups is 1. The van der Waals surface area contributed by atoms with Crippen molar-refractivity contribution < 1.29 is 9.53 Å². The topological polar surface area (TPSA) is 69.2 Å². The summed E-state index contributed by atoms with van der Waals surface area (Å²) in [6.45, 7) is 8.05. The van der Waals surface area contributed by atoms with E-state index in [2.05, 4.69) is 63.8 Å². The molecule has 2 aromatic carbocycles. The lowest BCUT2D eigenvalue weighted by Gasteiger charge is -2.36. The van der Waals surface area contributed by atoms with Crippen molar-refractivity contribution in [3.8, 4) is 0 Å². The summed E-state index contributed by atoms with van der Waals surface area (Å²) < 4.78 is 6.14. The number of nitrogens with one attached hydrogen (secondary N) is 2. The lowest BCUT2D eigenvalue weighted by molar-refractivity contribution is -0.0502. The molecule has 7 nitrogen and oxygen atoms in total. The molecular weight excluding hydrogens is 541 g/mol. The van der Waals surface area contributed by atoms with E-state index in [0.717, 1.165) is 57.3 Å². The van der Waals surface area contributed by atoms with Crippen molar-refractivity contribution in [2.24, 2.45) is 4.99 Å². The van der Waals surface area contributed by atoms with E-state index in [4.69, 9.17) is 9.73 Å². The van der Waals surface area contributed by atoms with Crippen molar-refractivity contribution in [3.63, 3.8) is 0 Å². The molecule has 4 rings (SSSR count). The zero-order valence-electron chi connectivity index (χ0n) is 20.1. The van der Waals surface area contributed by atoms with Crippen LogP contribution in [-0.4, -0.2) is 80.2 Å². The van der Waals surface area contributed by atoms with Crippen LogP contribution in [0.5, 0.6) is 0 Å². The molecule has 2 N–H and O–H groups in total. The summed E-state index contributed by atoms with van der Waals surface area (Å²) in [7, 11) is 1.65. The van der Waals surface area contributed by atoms with Gasteiger partial charge in [-0.3, -0.25) is 14.7 Å².